The van der Waals surface area contributed by atoms with Crippen molar-refractivity contribution in [2.45, 2.75) is 6.54 Å². The number of aromatic nitrogens is 1. The summed E-state index contributed by atoms with van der Waals surface area (Å²) in [6.45, 7) is 0.153. The third-order valence-electron chi connectivity index (χ3n) is 3.53. The average molecular weight is 328 g/mol. The highest BCUT2D eigenvalue weighted by atomic mass is 32.1. The second kappa shape index (κ2) is 5.44. The Labute approximate surface area is 134 Å². The maximum absolute atomic E-state index is 12.2. The Balaban J connectivity index is 1.56. The summed E-state index contributed by atoms with van der Waals surface area (Å²) >= 11 is 1.13. The molecule has 1 aliphatic heterocycles. The standard InChI is InChI=1S/C16H12N2O4S/c19-15(17-10-5-6-12-13(7-10)22-9-21-12)8-18-11-3-1-2-4-14(11)23-16(18)20/h1-7H,8-9H2,(H,17,19). The molecule has 0 aliphatic carbocycles. The summed E-state index contributed by atoms with van der Waals surface area (Å²) in [6, 6.07) is 12.6. The highest BCUT2D eigenvalue weighted by molar-refractivity contribution is 7.16. The largest absolute Gasteiger partial charge is 0.454 e. The van der Waals surface area contributed by atoms with Crippen LogP contribution in [0.5, 0.6) is 11.5 Å². The molecule has 0 radical (unpaired) electrons. The van der Waals surface area contributed by atoms with Crippen LogP contribution in [0.3, 0.4) is 0 Å². The first kappa shape index (κ1) is 13.8. The van der Waals surface area contributed by atoms with Crippen molar-refractivity contribution in [3.63, 3.8) is 0 Å². The molecule has 0 atom stereocenters. The van der Waals surface area contributed by atoms with Gasteiger partial charge in [0, 0.05) is 11.8 Å². The molecule has 3 aromatic rings. The third-order valence-corrected chi connectivity index (χ3v) is 4.49. The number of amides is 1. The van der Waals surface area contributed by atoms with Crippen molar-refractivity contribution in [3.8, 4) is 11.5 Å². The Kier molecular flexibility index (Phi) is 3.27. The number of carbonyl (C=O) groups excluding carboxylic acids is 1. The third kappa shape index (κ3) is 2.55. The second-order valence-electron chi connectivity index (χ2n) is 5.04. The van der Waals surface area contributed by atoms with Gasteiger partial charge in [0.05, 0.1) is 10.2 Å². The van der Waals surface area contributed by atoms with Crippen LogP contribution in [-0.4, -0.2) is 17.3 Å². The Morgan fingerprint density at radius 3 is 2.91 bits per heavy atom. The summed E-state index contributed by atoms with van der Waals surface area (Å²) in [4.78, 5) is 24.1. The number of hydrogen-bond donors (Lipinski definition) is 1. The molecule has 1 N–H and O–H groups in total. The molecule has 1 aromatic heterocycles. The molecule has 7 heteroatoms. The fourth-order valence-corrected chi connectivity index (χ4v) is 3.37. The first-order valence-electron chi connectivity index (χ1n) is 6.98. The van der Waals surface area contributed by atoms with Gasteiger partial charge in [-0.1, -0.05) is 23.5 Å². The Hall–Kier alpha value is -2.80. The molecule has 0 unspecified atom stereocenters. The van der Waals surface area contributed by atoms with Crippen molar-refractivity contribution in [2.24, 2.45) is 0 Å². The van der Waals surface area contributed by atoms with Crippen LogP contribution < -0.4 is 19.7 Å². The zero-order chi connectivity index (χ0) is 15.8. The molecule has 116 valence electrons. The topological polar surface area (TPSA) is 69.6 Å². The quantitative estimate of drug-likeness (QED) is 0.802. The lowest BCUT2D eigenvalue weighted by Crippen LogP contribution is -2.24. The predicted molar refractivity (Wildman–Crippen MR) is 87.3 cm³/mol. The number of carbonyl (C=O) groups is 1. The van der Waals surface area contributed by atoms with Crippen molar-refractivity contribution >= 4 is 33.1 Å². The number of rotatable bonds is 3. The first-order chi connectivity index (χ1) is 11.2. The van der Waals surface area contributed by atoms with E-state index in [1.165, 1.54) is 4.57 Å². The van der Waals surface area contributed by atoms with E-state index in [0.29, 0.717) is 17.2 Å². The van der Waals surface area contributed by atoms with Crippen LogP contribution in [0.4, 0.5) is 5.69 Å². The summed E-state index contributed by atoms with van der Waals surface area (Å²) in [7, 11) is 0. The highest BCUT2D eigenvalue weighted by Gasteiger charge is 2.15. The minimum Gasteiger partial charge on any atom is -0.454 e. The van der Waals surface area contributed by atoms with Crippen molar-refractivity contribution in [1.82, 2.24) is 4.57 Å². The Bertz CT molecular complexity index is 960. The van der Waals surface area contributed by atoms with Crippen molar-refractivity contribution < 1.29 is 14.3 Å². The number of benzene rings is 2. The molecule has 6 nitrogen and oxygen atoms in total. The molecule has 0 bridgehead atoms. The van der Waals surface area contributed by atoms with E-state index in [9.17, 15) is 9.59 Å². The Morgan fingerprint density at radius 1 is 1.17 bits per heavy atom. The van der Waals surface area contributed by atoms with Gasteiger partial charge in [-0.3, -0.25) is 14.2 Å². The van der Waals surface area contributed by atoms with Gasteiger partial charge < -0.3 is 14.8 Å². The predicted octanol–water partition coefficient (Wildman–Crippen LogP) is 2.43. The number of nitrogens with one attached hydrogen (secondary N) is 1. The van der Waals surface area contributed by atoms with E-state index >= 15 is 0 Å². The molecule has 0 fully saturated rings. The molecular formula is C16H12N2O4S. The van der Waals surface area contributed by atoms with E-state index in [0.717, 1.165) is 21.6 Å². The summed E-state index contributed by atoms with van der Waals surface area (Å²) in [6.07, 6.45) is 0. The summed E-state index contributed by atoms with van der Waals surface area (Å²) in [5.74, 6) is 0.985. The maximum Gasteiger partial charge on any atom is 0.308 e. The van der Waals surface area contributed by atoms with Crippen molar-refractivity contribution in [3.05, 3.63) is 52.1 Å². The fraction of sp³-hybridized carbons (Fsp3) is 0.125. The summed E-state index contributed by atoms with van der Waals surface area (Å²) < 4.78 is 12.8. The van der Waals surface area contributed by atoms with E-state index in [2.05, 4.69) is 5.32 Å². The second-order valence-corrected chi connectivity index (χ2v) is 6.03. The molecule has 4 rings (SSSR count). The van der Waals surface area contributed by atoms with Crippen LogP contribution in [0.15, 0.2) is 47.3 Å². The first-order valence-corrected chi connectivity index (χ1v) is 7.80. The Morgan fingerprint density at radius 2 is 2.00 bits per heavy atom. The molecule has 23 heavy (non-hydrogen) atoms. The van der Waals surface area contributed by atoms with Gasteiger partial charge in [-0.15, -0.1) is 0 Å². The highest BCUT2D eigenvalue weighted by Crippen LogP contribution is 2.34. The van der Waals surface area contributed by atoms with E-state index < -0.39 is 0 Å². The lowest BCUT2D eigenvalue weighted by atomic mass is 10.2. The number of para-hydroxylation sites is 1. The van der Waals surface area contributed by atoms with E-state index in [4.69, 9.17) is 9.47 Å². The minimum absolute atomic E-state index is 0.0305. The number of thiazole rings is 1. The van der Waals surface area contributed by atoms with Crippen LogP contribution >= 0.6 is 11.3 Å². The molecule has 0 saturated carbocycles. The van der Waals surface area contributed by atoms with Gasteiger partial charge in [-0.05, 0) is 24.3 Å². The van der Waals surface area contributed by atoms with Crippen LogP contribution in [-0.2, 0) is 11.3 Å². The van der Waals surface area contributed by atoms with Crippen LogP contribution in [0.2, 0.25) is 0 Å². The number of nitrogens with zero attached hydrogens (tertiary/aromatic N) is 1. The fourth-order valence-electron chi connectivity index (χ4n) is 2.48. The number of ether oxygens (including phenoxy) is 2. The molecule has 2 heterocycles. The lowest BCUT2D eigenvalue weighted by molar-refractivity contribution is -0.116. The number of anilines is 1. The van der Waals surface area contributed by atoms with Gasteiger partial charge in [0.15, 0.2) is 11.5 Å². The zero-order valence-electron chi connectivity index (χ0n) is 11.9. The van der Waals surface area contributed by atoms with Crippen LogP contribution in [0, 0.1) is 0 Å². The molecular weight excluding hydrogens is 316 g/mol. The van der Waals surface area contributed by atoms with Crippen molar-refractivity contribution in [2.75, 3.05) is 12.1 Å². The molecule has 0 saturated heterocycles. The normalized spacial score (nSPS) is 12.5. The van der Waals surface area contributed by atoms with Gasteiger partial charge >= 0.3 is 4.87 Å². The minimum atomic E-state index is -0.269. The van der Waals surface area contributed by atoms with Gasteiger partial charge in [0.2, 0.25) is 12.7 Å². The molecule has 0 spiro atoms. The summed E-state index contributed by atoms with van der Waals surface area (Å²) in [5.41, 5.74) is 1.37. The van der Waals surface area contributed by atoms with Gasteiger partial charge in [0.1, 0.15) is 6.54 Å². The van der Waals surface area contributed by atoms with Crippen LogP contribution in [0.25, 0.3) is 10.2 Å². The van der Waals surface area contributed by atoms with Gasteiger partial charge in [0.25, 0.3) is 0 Å². The lowest BCUT2D eigenvalue weighted by Gasteiger charge is -2.07. The molecule has 1 amide bonds. The number of fused-ring (bicyclic) bond motifs is 2. The average Bonchev–Trinajstić information content (AvgIpc) is 3.12. The molecule has 1 aliphatic rings. The van der Waals surface area contributed by atoms with Crippen LogP contribution in [0.1, 0.15) is 0 Å². The van der Waals surface area contributed by atoms with E-state index in [1.54, 1.807) is 18.2 Å². The monoisotopic (exact) mass is 328 g/mol. The number of hydrogen-bond acceptors (Lipinski definition) is 5. The van der Waals surface area contributed by atoms with Gasteiger partial charge in [-0.25, -0.2) is 0 Å². The van der Waals surface area contributed by atoms with Crippen molar-refractivity contribution in [1.29, 1.82) is 0 Å². The van der Waals surface area contributed by atoms with Gasteiger partial charge in [-0.2, -0.15) is 0 Å². The summed E-state index contributed by atoms with van der Waals surface area (Å²) in [5, 5.41) is 2.77. The van der Waals surface area contributed by atoms with E-state index in [1.807, 2.05) is 24.3 Å². The maximum atomic E-state index is 12.2. The zero-order valence-corrected chi connectivity index (χ0v) is 12.8. The smallest absolute Gasteiger partial charge is 0.308 e. The molecule has 2 aromatic carbocycles. The van der Waals surface area contributed by atoms with E-state index in [-0.39, 0.29) is 24.1 Å². The SMILES string of the molecule is O=C(Cn1c(=O)sc2ccccc21)Nc1ccc2c(c1)OCO2.